The normalized spacial score (nSPS) is 31.2. The van der Waals surface area contributed by atoms with Gasteiger partial charge in [0.25, 0.3) is 0 Å². The van der Waals surface area contributed by atoms with Crippen LogP contribution in [0.2, 0.25) is 0 Å². The highest BCUT2D eigenvalue weighted by Gasteiger charge is 2.45. The minimum absolute atomic E-state index is 0.0837. The SMILES string of the molecule is CCCCCC(O)C=C[C@H]1[C@@H]2CC(C=CCCC(=O)OC)=C[C@H]2C[C@H]1OC1CCCCO1. The Bertz CT molecular complexity index is 661. The van der Waals surface area contributed by atoms with Crippen LogP contribution in [0.1, 0.15) is 77.6 Å². The number of hydrogen-bond donors (Lipinski definition) is 1. The third-order valence-corrected chi connectivity index (χ3v) is 7.08. The topological polar surface area (TPSA) is 65.0 Å². The van der Waals surface area contributed by atoms with Crippen molar-refractivity contribution < 1.29 is 24.1 Å². The number of rotatable bonds is 12. The summed E-state index contributed by atoms with van der Waals surface area (Å²) >= 11 is 0. The summed E-state index contributed by atoms with van der Waals surface area (Å²) in [7, 11) is 1.43. The molecule has 3 rings (SSSR count). The Morgan fingerprint density at radius 3 is 2.97 bits per heavy atom. The molecule has 1 aliphatic heterocycles. The highest BCUT2D eigenvalue weighted by Crippen LogP contribution is 2.49. The molecule has 2 fully saturated rings. The zero-order valence-corrected chi connectivity index (χ0v) is 19.9. The van der Waals surface area contributed by atoms with Crippen LogP contribution in [-0.4, -0.2) is 43.3 Å². The second-order valence-electron chi connectivity index (χ2n) is 9.52. The third kappa shape index (κ3) is 7.57. The lowest BCUT2D eigenvalue weighted by Gasteiger charge is -2.29. The summed E-state index contributed by atoms with van der Waals surface area (Å²) in [5, 5.41) is 10.4. The van der Waals surface area contributed by atoms with Crippen molar-refractivity contribution in [1.82, 2.24) is 0 Å². The van der Waals surface area contributed by atoms with E-state index >= 15 is 0 Å². The Labute approximate surface area is 193 Å². The highest BCUT2D eigenvalue weighted by atomic mass is 16.7. The van der Waals surface area contributed by atoms with Crippen molar-refractivity contribution in [2.45, 2.75) is 96.1 Å². The molecule has 0 aromatic carbocycles. The van der Waals surface area contributed by atoms with Gasteiger partial charge in [0.15, 0.2) is 6.29 Å². The predicted octanol–water partition coefficient (Wildman–Crippen LogP) is 5.49. The van der Waals surface area contributed by atoms with E-state index in [0.717, 1.165) is 45.1 Å². The number of fused-ring (bicyclic) bond motifs is 1. The van der Waals surface area contributed by atoms with E-state index in [9.17, 15) is 9.90 Å². The molecule has 5 nitrogen and oxygen atoms in total. The Morgan fingerprint density at radius 1 is 1.34 bits per heavy atom. The molecule has 0 radical (unpaired) electrons. The molecule has 2 unspecified atom stereocenters. The maximum absolute atomic E-state index is 11.3. The van der Waals surface area contributed by atoms with Crippen LogP contribution in [-0.2, 0) is 19.0 Å². The van der Waals surface area contributed by atoms with Crippen molar-refractivity contribution in [2.75, 3.05) is 13.7 Å². The average molecular weight is 447 g/mol. The molecule has 180 valence electrons. The van der Waals surface area contributed by atoms with Gasteiger partial charge in [-0.05, 0) is 56.8 Å². The van der Waals surface area contributed by atoms with Gasteiger partial charge in [-0.15, -0.1) is 0 Å². The predicted molar refractivity (Wildman–Crippen MR) is 126 cm³/mol. The summed E-state index contributed by atoms with van der Waals surface area (Å²) in [6, 6.07) is 0. The Hall–Kier alpha value is -1.43. The molecular weight excluding hydrogens is 404 g/mol. The van der Waals surface area contributed by atoms with Gasteiger partial charge in [0.2, 0.25) is 0 Å². The molecule has 5 heteroatoms. The first kappa shape index (κ1) is 25.2. The van der Waals surface area contributed by atoms with E-state index in [1.165, 1.54) is 31.9 Å². The number of aliphatic hydroxyl groups is 1. The molecule has 0 aromatic rings. The third-order valence-electron chi connectivity index (χ3n) is 7.08. The molecule has 0 spiro atoms. The van der Waals surface area contributed by atoms with Gasteiger partial charge in [0, 0.05) is 18.9 Å². The summed E-state index contributed by atoms with van der Waals surface area (Å²) in [5.41, 5.74) is 1.35. The maximum atomic E-state index is 11.3. The molecule has 6 atom stereocenters. The molecule has 1 heterocycles. The molecular formula is C27H42O5. The van der Waals surface area contributed by atoms with Gasteiger partial charge in [-0.3, -0.25) is 4.79 Å². The summed E-state index contributed by atoms with van der Waals surface area (Å²) in [6.07, 6.45) is 21.2. The summed E-state index contributed by atoms with van der Waals surface area (Å²) in [5.74, 6) is 1.13. The van der Waals surface area contributed by atoms with E-state index in [-0.39, 0.29) is 24.5 Å². The zero-order valence-electron chi connectivity index (χ0n) is 19.9. The van der Waals surface area contributed by atoms with Crippen LogP contribution in [0, 0.1) is 17.8 Å². The van der Waals surface area contributed by atoms with Crippen LogP contribution in [0.3, 0.4) is 0 Å². The van der Waals surface area contributed by atoms with E-state index in [1.54, 1.807) is 0 Å². The minimum atomic E-state index is -0.376. The lowest BCUT2D eigenvalue weighted by Crippen LogP contribution is -2.30. The Kier molecular flexibility index (Phi) is 10.5. The number of ether oxygens (including phenoxy) is 3. The summed E-state index contributed by atoms with van der Waals surface area (Å²) < 4.78 is 17.0. The van der Waals surface area contributed by atoms with Crippen LogP contribution in [0.15, 0.2) is 36.0 Å². The second-order valence-corrected chi connectivity index (χ2v) is 9.52. The fourth-order valence-electron chi connectivity index (χ4n) is 5.30. The molecule has 2 aliphatic carbocycles. The van der Waals surface area contributed by atoms with Crippen molar-refractivity contribution in [2.24, 2.45) is 17.8 Å². The molecule has 0 amide bonds. The van der Waals surface area contributed by atoms with Crippen molar-refractivity contribution in [3.05, 3.63) is 36.0 Å². The molecule has 32 heavy (non-hydrogen) atoms. The van der Waals surface area contributed by atoms with Crippen molar-refractivity contribution in [3.63, 3.8) is 0 Å². The second kappa shape index (κ2) is 13.3. The fraction of sp³-hybridized carbons (Fsp3) is 0.741. The van der Waals surface area contributed by atoms with Crippen molar-refractivity contribution in [3.8, 4) is 0 Å². The number of aliphatic hydroxyl groups excluding tert-OH is 1. The Morgan fingerprint density at radius 2 is 2.22 bits per heavy atom. The first-order valence-corrected chi connectivity index (χ1v) is 12.7. The van der Waals surface area contributed by atoms with E-state index in [4.69, 9.17) is 14.2 Å². The van der Waals surface area contributed by atoms with Gasteiger partial charge in [-0.2, -0.15) is 0 Å². The summed E-state index contributed by atoms with van der Waals surface area (Å²) in [6.45, 7) is 2.98. The number of carbonyl (C=O) groups is 1. The Balaban J connectivity index is 1.60. The van der Waals surface area contributed by atoms with E-state index < -0.39 is 0 Å². The number of allylic oxidation sites excluding steroid dienone is 4. The van der Waals surface area contributed by atoms with Crippen LogP contribution in [0.4, 0.5) is 0 Å². The number of unbranched alkanes of at least 4 members (excludes halogenated alkanes) is 2. The number of methoxy groups -OCH3 is 1. The van der Waals surface area contributed by atoms with Gasteiger partial charge in [0.05, 0.1) is 19.3 Å². The number of hydrogen-bond acceptors (Lipinski definition) is 5. The molecule has 3 aliphatic rings. The largest absolute Gasteiger partial charge is 0.469 e. The van der Waals surface area contributed by atoms with E-state index in [0.29, 0.717) is 30.6 Å². The van der Waals surface area contributed by atoms with Crippen LogP contribution in [0.5, 0.6) is 0 Å². The molecule has 1 N–H and O–H groups in total. The van der Waals surface area contributed by atoms with Crippen LogP contribution >= 0.6 is 0 Å². The van der Waals surface area contributed by atoms with Gasteiger partial charge in [0.1, 0.15) is 0 Å². The molecule has 0 bridgehead atoms. The smallest absolute Gasteiger partial charge is 0.305 e. The standard InChI is InChI=1S/C27H42O5/c1-3-4-5-11-22(28)14-15-23-24-18-20(10-6-7-12-26(29)30-2)17-21(24)19-25(23)32-27-13-8-9-16-31-27/h6,10,14-15,17,21-25,27-28H,3-5,7-9,11-13,16,18-19H2,1-2H3/t21-,22?,23-,24+,25+,27?/m0/s1. The van der Waals surface area contributed by atoms with Gasteiger partial charge in [-0.1, -0.05) is 62.1 Å². The van der Waals surface area contributed by atoms with Crippen LogP contribution < -0.4 is 0 Å². The number of esters is 1. The quantitative estimate of drug-likeness (QED) is 0.244. The minimum Gasteiger partial charge on any atom is -0.469 e. The lowest BCUT2D eigenvalue weighted by molar-refractivity contribution is -0.192. The monoisotopic (exact) mass is 446 g/mol. The molecule has 1 saturated heterocycles. The van der Waals surface area contributed by atoms with Crippen molar-refractivity contribution in [1.29, 1.82) is 0 Å². The number of carbonyl (C=O) groups excluding carboxylic acids is 1. The van der Waals surface area contributed by atoms with Crippen LogP contribution in [0.25, 0.3) is 0 Å². The first-order valence-electron chi connectivity index (χ1n) is 12.7. The van der Waals surface area contributed by atoms with Gasteiger partial charge >= 0.3 is 5.97 Å². The molecule has 1 saturated carbocycles. The van der Waals surface area contributed by atoms with E-state index in [2.05, 4.69) is 31.2 Å². The first-order chi connectivity index (χ1) is 15.6. The zero-order chi connectivity index (χ0) is 22.8. The van der Waals surface area contributed by atoms with Gasteiger partial charge in [-0.25, -0.2) is 0 Å². The van der Waals surface area contributed by atoms with Gasteiger partial charge < -0.3 is 19.3 Å². The molecule has 0 aromatic heterocycles. The highest BCUT2D eigenvalue weighted by molar-refractivity contribution is 5.69. The van der Waals surface area contributed by atoms with Crippen molar-refractivity contribution >= 4 is 5.97 Å². The lowest BCUT2D eigenvalue weighted by atomic mass is 9.88. The van der Waals surface area contributed by atoms with E-state index in [1.807, 2.05) is 6.08 Å². The average Bonchev–Trinajstić information content (AvgIpc) is 3.33. The maximum Gasteiger partial charge on any atom is 0.305 e. The fourth-order valence-corrected chi connectivity index (χ4v) is 5.30. The summed E-state index contributed by atoms with van der Waals surface area (Å²) in [4.78, 5) is 11.3.